The van der Waals surface area contributed by atoms with Crippen molar-refractivity contribution in [3.8, 4) is 0 Å². The number of carbonyl (C=O) groups excluding carboxylic acids is 1. The van der Waals surface area contributed by atoms with Gasteiger partial charge in [-0.15, -0.1) is 0 Å². The third-order valence-corrected chi connectivity index (χ3v) is 7.79. The lowest BCUT2D eigenvalue weighted by Gasteiger charge is -2.35. The van der Waals surface area contributed by atoms with Gasteiger partial charge in [0.2, 0.25) is 10.0 Å². The van der Waals surface area contributed by atoms with Crippen LogP contribution in [0.4, 0.5) is 5.69 Å². The number of anilines is 1. The summed E-state index contributed by atoms with van der Waals surface area (Å²) in [5.41, 5.74) is 1.39. The summed E-state index contributed by atoms with van der Waals surface area (Å²) in [5.74, 6) is -0.437. The number of rotatable bonds is 5. The molecule has 0 radical (unpaired) electrons. The molecule has 30 heavy (non-hydrogen) atoms. The first-order chi connectivity index (χ1) is 14.5. The number of ether oxygens (including phenoxy) is 1. The fourth-order valence-electron chi connectivity index (χ4n) is 4.16. The molecule has 0 bridgehead atoms. The first-order valence-corrected chi connectivity index (χ1v) is 12.1. The SMILES string of the molecule is O=C(OC1CCCCC1)c1cccc(S(=O)(=O)N2CCN(c3ccccc3)CC2)c1. The van der Waals surface area contributed by atoms with Gasteiger partial charge in [0.15, 0.2) is 0 Å². The van der Waals surface area contributed by atoms with Crippen molar-refractivity contribution < 1.29 is 17.9 Å². The molecule has 2 fully saturated rings. The fraction of sp³-hybridized carbons (Fsp3) is 0.435. The Morgan fingerprint density at radius 2 is 1.57 bits per heavy atom. The summed E-state index contributed by atoms with van der Waals surface area (Å²) in [6, 6.07) is 16.2. The minimum atomic E-state index is -3.66. The van der Waals surface area contributed by atoms with Gasteiger partial charge in [0, 0.05) is 31.9 Å². The third kappa shape index (κ3) is 4.68. The van der Waals surface area contributed by atoms with Gasteiger partial charge in [0.05, 0.1) is 10.5 Å². The summed E-state index contributed by atoms with van der Waals surface area (Å²) in [7, 11) is -3.66. The van der Waals surface area contributed by atoms with Crippen molar-refractivity contribution in [3.05, 3.63) is 60.2 Å². The molecule has 2 aromatic carbocycles. The molecule has 0 unspecified atom stereocenters. The molecular weight excluding hydrogens is 400 g/mol. The van der Waals surface area contributed by atoms with E-state index < -0.39 is 16.0 Å². The van der Waals surface area contributed by atoms with Gasteiger partial charge < -0.3 is 9.64 Å². The van der Waals surface area contributed by atoms with Crippen LogP contribution in [0.1, 0.15) is 42.5 Å². The maximum atomic E-state index is 13.2. The van der Waals surface area contributed by atoms with E-state index in [4.69, 9.17) is 4.74 Å². The summed E-state index contributed by atoms with van der Waals surface area (Å²) in [5, 5.41) is 0. The Morgan fingerprint density at radius 1 is 0.867 bits per heavy atom. The Labute approximate surface area is 178 Å². The van der Waals surface area contributed by atoms with Crippen LogP contribution in [0.15, 0.2) is 59.5 Å². The molecule has 1 heterocycles. The number of hydrogen-bond donors (Lipinski definition) is 0. The predicted octanol–water partition coefficient (Wildman–Crippen LogP) is 3.69. The molecule has 0 amide bonds. The largest absolute Gasteiger partial charge is 0.459 e. The molecule has 1 saturated carbocycles. The van der Waals surface area contributed by atoms with Crippen LogP contribution in [0.25, 0.3) is 0 Å². The summed E-state index contributed by atoms with van der Waals surface area (Å²) in [6.07, 6.45) is 5.03. The van der Waals surface area contributed by atoms with E-state index in [9.17, 15) is 13.2 Å². The van der Waals surface area contributed by atoms with Gasteiger partial charge in [0.1, 0.15) is 6.10 Å². The first-order valence-electron chi connectivity index (χ1n) is 10.7. The molecule has 1 aliphatic carbocycles. The number of para-hydroxylation sites is 1. The number of hydrogen-bond acceptors (Lipinski definition) is 5. The van der Waals surface area contributed by atoms with Gasteiger partial charge in [-0.3, -0.25) is 0 Å². The lowest BCUT2D eigenvalue weighted by Crippen LogP contribution is -2.48. The van der Waals surface area contributed by atoms with Crippen LogP contribution >= 0.6 is 0 Å². The standard InChI is InChI=1S/C23H28N2O4S/c26-23(29-21-11-5-2-6-12-21)19-8-7-13-22(18-19)30(27,28)25-16-14-24(15-17-25)20-9-3-1-4-10-20/h1,3-4,7-10,13,18,21H,2,5-6,11-12,14-17H2. The highest BCUT2D eigenvalue weighted by molar-refractivity contribution is 7.89. The van der Waals surface area contributed by atoms with E-state index in [1.165, 1.54) is 16.8 Å². The Morgan fingerprint density at radius 3 is 2.27 bits per heavy atom. The first kappa shape index (κ1) is 20.9. The number of sulfonamides is 1. The van der Waals surface area contributed by atoms with Crippen molar-refractivity contribution in [1.29, 1.82) is 0 Å². The van der Waals surface area contributed by atoms with E-state index in [2.05, 4.69) is 4.90 Å². The Bertz CT molecular complexity index is 964. The summed E-state index contributed by atoms with van der Waals surface area (Å²) in [6.45, 7) is 2.08. The molecule has 7 heteroatoms. The van der Waals surface area contributed by atoms with Crippen LogP contribution in [0.3, 0.4) is 0 Å². The summed E-state index contributed by atoms with van der Waals surface area (Å²) in [4.78, 5) is 14.9. The molecule has 6 nitrogen and oxygen atoms in total. The van der Waals surface area contributed by atoms with Crippen LogP contribution in [-0.4, -0.2) is 51.0 Å². The number of nitrogens with zero attached hydrogens (tertiary/aromatic N) is 2. The Hall–Kier alpha value is -2.38. The van der Waals surface area contributed by atoms with Gasteiger partial charge >= 0.3 is 5.97 Å². The minimum absolute atomic E-state index is 0.0578. The van der Waals surface area contributed by atoms with E-state index in [1.54, 1.807) is 18.2 Å². The predicted molar refractivity (Wildman–Crippen MR) is 116 cm³/mol. The molecule has 1 saturated heterocycles. The van der Waals surface area contributed by atoms with Gasteiger partial charge in [-0.2, -0.15) is 4.31 Å². The number of benzene rings is 2. The summed E-state index contributed by atoms with van der Waals surface area (Å²) < 4.78 is 33.4. The molecule has 160 valence electrons. The average molecular weight is 429 g/mol. The number of esters is 1. The maximum Gasteiger partial charge on any atom is 0.338 e. The smallest absolute Gasteiger partial charge is 0.338 e. The molecule has 1 aliphatic heterocycles. The lowest BCUT2D eigenvalue weighted by molar-refractivity contribution is 0.0211. The fourth-order valence-corrected chi connectivity index (χ4v) is 5.63. The minimum Gasteiger partial charge on any atom is -0.459 e. The lowest BCUT2D eigenvalue weighted by atomic mass is 9.98. The third-order valence-electron chi connectivity index (χ3n) is 5.89. The van der Waals surface area contributed by atoms with Crippen LogP contribution in [0.5, 0.6) is 0 Å². The van der Waals surface area contributed by atoms with Crippen LogP contribution in [0.2, 0.25) is 0 Å². The maximum absolute atomic E-state index is 13.2. The molecular formula is C23H28N2O4S. The Balaban J connectivity index is 1.43. The summed E-state index contributed by atoms with van der Waals surface area (Å²) >= 11 is 0. The van der Waals surface area contributed by atoms with Crippen LogP contribution in [0, 0.1) is 0 Å². The molecule has 0 aromatic heterocycles. The second-order valence-corrected chi connectivity index (χ2v) is 9.86. The number of carbonyl (C=O) groups is 1. The highest BCUT2D eigenvalue weighted by atomic mass is 32.2. The molecule has 2 aliphatic rings. The van der Waals surface area contributed by atoms with E-state index in [1.807, 2.05) is 30.3 Å². The molecule has 4 rings (SSSR count). The normalized spacial score (nSPS) is 18.9. The average Bonchev–Trinajstić information content (AvgIpc) is 2.80. The second kappa shape index (κ2) is 9.18. The van der Waals surface area contributed by atoms with Crippen LogP contribution in [-0.2, 0) is 14.8 Å². The van der Waals surface area contributed by atoms with Crippen molar-refractivity contribution >= 4 is 21.7 Å². The van der Waals surface area contributed by atoms with Crippen LogP contribution < -0.4 is 4.90 Å². The highest BCUT2D eigenvalue weighted by Gasteiger charge is 2.29. The van der Waals surface area contributed by atoms with E-state index in [-0.39, 0.29) is 11.0 Å². The zero-order chi connectivity index (χ0) is 21.0. The van der Waals surface area contributed by atoms with Gasteiger partial charge in [-0.1, -0.05) is 30.7 Å². The van der Waals surface area contributed by atoms with Crippen molar-refractivity contribution in [2.24, 2.45) is 0 Å². The van der Waals surface area contributed by atoms with Gasteiger partial charge in [0.25, 0.3) is 0 Å². The van der Waals surface area contributed by atoms with Crippen molar-refractivity contribution in [3.63, 3.8) is 0 Å². The molecule has 2 aromatic rings. The number of piperazine rings is 1. The zero-order valence-corrected chi connectivity index (χ0v) is 17.9. The topological polar surface area (TPSA) is 66.9 Å². The van der Waals surface area contributed by atoms with E-state index in [0.29, 0.717) is 31.7 Å². The monoisotopic (exact) mass is 428 g/mol. The van der Waals surface area contributed by atoms with Gasteiger partial charge in [-0.25, -0.2) is 13.2 Å². The molecule has 0 spiro atoms. The zero-order valence-electron chi connectivity index (χ0n) is 17.1. The van der Waals surface area contributed by atoms with E-state index >= 15 is 0 Å². The van der Waals surface area contributed by atoms with Crippen molar-refractivity contribution in [2.75, 3.05) is 31.1 Å². The second-order valence-electron chi connectivity index (χ2n) is 7.92. The van der Waals surface area contributed by atoms with Gasteiger partial charge in [-0.05, 0) is 56.0 Å². The quantitative estimate of drug-likeness (QED) is 0.680. The molecule has 0 N–H and O–H groups in total. The molecule has 0 atom stereocenters. The van der Waals surface area contributed by atoms with Crippen molar-refractivity contribution in [2.45, 2.75) is 43.1 Å². The van der Waals surface area contributed by atoms with E-state index in [0.717, 1.165) is 31.4 Å². The highest BCUT2D eigenvalue weighted by Crippen LogP contribution is 2.24. The van der Waals surface area contributed by atoms with Crippen molar-refractivity contribution in [1.82, 2.24) is 4.31 Å². The Kier molecular flexibility index (Phi) is 6.39.